The third-order valence-corrected chi connectivity index (χ3v) is 3.74. The summed E-state index contributed by atoms with van der Waals surface area (Å²) in [5.41, 5.74) is 5.90. The molecule has 0 radical (unpaired) electrons. The van der Waals surface area contributed by atoms with E-state index in [0.717, 1.165) is 18.4 Å². The average Bonchev–Trinajstić information content (AvgIpc) is 2.30. The molecule has 1 amide bonds. The molecule has 0 bridgehead atoms. The molecule has 1 fully saturated rings. The molecule has 0 spiro atoms. The van der Waals surface area contributed by atoms with Crippen LogP contribution in [0.3, 0.4) is 0 Å². The summed E-state index contributed by atoms with van der Waals surface area (Å²) >= 11 is 0. The Morgan fingerprint density at radius 2 is 2.05 bits per heavy atom. The molecule has 0 saturated heterocycles. The van der Waals surface area contributed by atoms with Crippen molar-refractivity contribution in [3.63, 3.8) is 0 Å². The first kappa shape index (κ1) is 16.4. The van der Waals surface area contributed by atoms with Gasteiger partial charge in [-0.05, 0) is 36.7 Å². The predicted octanol–water partition coefficient (Wildman–Crippen LogP) is 1.90. The smallest absolute Gasteiger partial charge is 0.303 e. The molecule has 3 atom stereocenters. The van der Waals surface area contributed by atoms with Crippen molar-refractivity contribution in [2.45, 2.75) is 46.0 Å². The SMILES string of the molecule is C[C@@H]1C/C(=C\C[C@H](CC(N)=O)CC(=O)O)C(=O)[C@@H](C)C1. The zero-order valence-corrected chi connectivity index (χ0v) is 12.1. The molecule has 3 N–H and O–H groups in total. The number of nitrogens with two attached hydrogens (primary N) is 1. The Kier molecular flexibility index (Phi) is 5.92. The highest BCUT2D eigenvalue weighted by Crippen LogP contribution is 2.30. The van der Waals surface area contributed by atoms with E-state index in [1.54, 1.807) is 0 Å². The highest BCUT2D eigenvalue weighted by Gasteiger charge is 2.27. The number of ketones is 1. The number of amides is 1. The lowest BCUT2D eigenvalue weighted by atomic mass is 9.78. The van der Waals surface area contributed by atoms with Gasteiger partial charge in [0.15, 0.2) is 5.78 Å². The second kappa shape index (κ2) is 7.22. The first-order valence-electron chi connectivity index (χ1n) is 7.03. The van der Waals surface area contributed by atoms with Crippen LogP contribution < -0.4 is 5.73 Å². The Bertz CT molecular complexity index is 412. The van der Waals surface area contributed by atoms with Crippen molar-refractivity contribution in [1.29, 1.82) is 0 Å². The summed E-state index contributed by atoms with van der Waals surface area (Å²) in [7, 11) is 0. The number of allylic oxidation sites excluding steroid dienone is 2. The molecular formula is C15H23NO4. The van der Waals surface area contributed by atoms with Crippen LogP contribution in [0.5, 0.6) is 0 Å². The molecule has 1 aliphatic rings. The molecule has 0 aliphatic heterocycles. The van der Waals surface area contributed by atoms with Crippen molar-refractivity contribution in [2.75, 3.05) is 0 Å². The Balaban J connectivity index is 2.72. The van der Waals surface area contributed by atoms with Crippen molar-refractivity contribution in [3.05, 3.63) is 11.6 Å². The lowest BCUT2D eigenvalue weighted by Crippen LogP contribution is -2.24. The molecule has 1 rings (SSSR count). The van der Waals surface area contributed by atoms with Crippen LogP contribution in [0.25, 0.3) is 0 Å². The summed E-state index contributed by atoms with van der Waals surface area (Å²) in [5.74, 6) is -1.16. The van der Waals surface area contributed by atoms with E-state index in [1.165, 1.54) is 0 Å². The van der Waals surface area contributed by atoms with Gasteiger partial charge in [0.2, 0.25) is 5.91 Å². The van der Waals surface area contributed by atoms with Gasteiger partial charge in [-0.25, -0.2) is 0 Å². The number of carbonyl (C=O) groups is 3. The lowest BCUT2D eigenvalue weighted by molar-refractivity contribution is -0.138. The zero-order chi connectivity index (χ0) is 15.3. The number of primary amides is 1. The molecule has 20 heavy (non-hydrogen) atoms. The van der Waals surface area contributed by atoms with Gasteiger partial charge in [0.05, 0.1) is 0 Å². The van der Waals surface area contributed by atoms with E-state index in [-0.39, 0.29) is 30.5 Å². The van der Waals surface area contributed by atoms with Crippen molar-refractivity contribution < 1.29 is 19.5 Å². The second-order valence-corrected chi connectivity index (χ2v) is 5.91. The first-order chi connectivity index (χ1) is 9.29. The molecule has 5 nitrogen and oxygen atoms in total. The lowest BCUT2D eigenvalue weighted by Gasteiger charge is -2.25. The van der Waals surface area contributed by atoms with E-state index in [2.05, 4.69) is 6.92 Å². The Labute approximate surface area is 119 Å². The molecule has 112 valence electrons. The zero-order valence-electron chi connectivity index (χ0n) is 12.1. The molecule has 5 heteroatoms. The van der Waals surface area contributed by atoms with Gasteiger partial charge in [0, 0.05) is 18.8 Å². The fourth-order valence-corrected chi connectivity index (χ4v) is 2.85. The number of rotatable bonds is 6. The largest absolute Gasteiger partial charge is 0.481 e. The fourth-order valence-electron chi connectivity index (χ4n) is 2.85. The first-order valence-corrected chi connectivity index (χ1v) is 7.03. The fraction of sp³-hybridized carbons (Fsp3) is 0.667. The van der Waals surface area contributed by atoms with E-state index >= 15 is 0 Å². The van der Waals surface area contributed by atoms with Gasteiger partial charge < -0.3 is 10.8 Å². The third kappa shape index (κ3) is 5.15. The van der Waals surface area contributed by atoms with Gasteiger partial charge >= 0.3 is 5.97 Å². The number of carboxylic acids is 1. The number of Topliss-reactive ketones (excluding diaryl/α,β-unsaturated/α-hetero) is 1. The Hall–Kier alpha value is -1.65. The van der Waals surface area contributed by atoms with Crippen LogP contribution in [0.2, 0.25) is 0 Å². The molecule has 0 aromatic rings. The summed E-state index contributed by atoms with van der Waals surface area (Å²) in [6, 6.07) is 0. The molecule has 1 saturated carbocycles. The predicted molar refractivity (Wildman–Crippen MR) is 74.8 cm³/mol. The van der Waals surface area contributed by atoms with Crippen molar-refractivity contribution in [1.82, 2.24) is 0 Å². The second-order valence-electron chi connectivity index (χ2n) is 5.91. The van der Waals surface area contributed by atoms with Crippen LogP contribution in [0.4, 0.5) is 0 Å². The van der Waals surface area contributed by atoms with E-state index in [1.807, 2.05) is 13.0 Å². The maximum Gasteiger partial charge on any atom is 0.303 e. The molecular weight excluding hydrogens is 258 g/mol. The van der Waals surface area contributed by atoms with Gasteiger partial charge in [0.1, 0.15) is 0 Å². The van der Waals surface area contributed by atoms with E-state index < -0.39 is 11.9 Å². The van der Waals surface area contributed by atoms with Crippen LogP contribution in [0.1, 0.15) is 46.0 Å². The maximum absolute atomic E-state index is 12.1. The maximum atomic E-state index is 12.1. The summed E-state index contributed by atoms with van der Waals surface area (Å²) in [6.07, 6.45) is 3.79. The van der Waals surface area contributed by atoms with Crippen molar-refractivity contribution >= 4 is 17.7 Å². The van der Waals surface area contributed by atoms with Crippen LogP contribution in [-0.2, 0) is 14.4 Å². The van der Waals surface area contributed by atoms with Crippen LogP contribution >= 0.6 is 0 Å². The number of hydrogen-bond acceptors (Lipinski definition) is 3. The number of carboxylic acid groups (broad SMARTS) is 1. The Morgan fingerprint density at radius 1 is 1.40 bits per heavy atom. The highest BCUT2D eigenvalue weighted by atomic mass is 16.4. The molecule has 0 aromatic carbocycles. The quantitative estimate of drug-likeness (QED) is 0.726. The van der Waals surface area contributed by atoms with Crippen LogP contribution in [-0.4, -0.2) is 22.8 Å². The highest BCUT2D eigenvalue weighted by molar-refractivity contribution is 5.97. The topological polar surface area (TPSA) is 97.5 Å². The van der Waals surface area contributed by atoms with E-state index in [4.69, 9.17) is 10.8 Å². The minimum atomic E-state index is -0.952. The summed E-state index contributed by atoms with van der Waals surface area (Å²) < 4.78 is 0. The van der Waals surface area contributed by atoms with Gasteiger partial charge in [0.25, 0.3) is 0 Å². The minimum Gasteiger partial charge on any atom is -0.481 e. The van der Waals surface area contributed by atoms with Crippen LogP contribution in [0, 0.1) is 17.8 Å². The van der Waals surface area contributed by atoms with Gasteiger partial charge in [-0.3, -0.25) is 14.4 Å². The minimum absolute atomic E-state index is 0.0269. The summed E-state index contributed by atoms with van der Waals surface area (Å²) in [6.45, 7) is 4.03. The van der Waals surface area contributed by atoms with Crippen molar-refractivity contribution in [2.24, 2.45) is 23.5 Å². The number of carbonyl (C=O) groups excluding carboxylic acids is 2. The number of aliphatic carboxylic acids is 1. The third-order valence-electron chi connectivity index (χ3n) is 3.74. The standard InChI is InChI=1S/C15H23NO4/c1-9-5-10(2)15(20)12(6-9)4-3-11(7-13(16)17)8-14(18)19/h4,9-11H,3,5-8H2,1-2H3,(H2,16,17)(H,18,19)/b12-4+/t9-,10-,11+/m0/s1. The van der Waals surface area contributed by atoms with E-state index in [0.29, 0.717) is 12.3 Å². The molecule has 0 aromatic heterocycles. The molecule has 1 aliphatic carbocycles. The molecule has 0 heterocycles. The normalized spacial score (nSPS) is 26.5. The van der Waals surface area contributed by atoms with Crippen molar-refractivity contribution in [3.8, 4) is 0 Å². The monoisotopic (exact) mass is 281 g/mol. The Morgan fingerprint density at radius 3 is 2.60 bits per heavy atom. The summed E-state index contributed by atoms with van der Waals surface area (Å²) in [5, 5.41) is 8.83. The van der Waals surface area contributed by atoms with Gasteiger partial charge in [-0.2, -0.15) is 0 Å². The average molecular weight is 281 g/mol. The summed E-state index contributed by atoms with van der Waals surface area (Å²) in [4.78, 5) is 33.8. The van der Waals surface area contributed by atoms with Crippen LogP contribution in [0.15, 0.2) is 11.6 Å². The van der Waals surface area contributed by atoms with Gasteiger partial charge in [-0.15, -0.1) is 0 Å². The number of hydrogen-bond donors (Lipinski definition) is 2. The van der Waals surface area contributed by atoms with Gasteiger partial charge in [-0.1, -0.05) is 19.9 Å². The molecule has 0 unspecified atom stereocenters. The van der Waals surface area contributed by atoms with E-state index in [9.17, 15) is 14.4 Å².